The van der Waals surface area contributed by atoms with Crippen LogP contribution in [0.2, 0.25) is 0 Å². The van der Waals surface area contributed by atoms with Crippen LogP contribution in [0.1, 0.15) is 60.7 Å². The van der Waals surface area contributed by atoms with Crippen molar-refractivity contribution in [2.45, 2.75) is 46.1 Å². The van der Waals surface area contributed by atoms with Crippen LogP contribution in [0.15, 0.2) is 22.7 Å². The molecule has 0 saturated heterocycles. The lowest BCUT2D eigenvalue weighted by Gasteiger charge is -2.36. The molecule has 1 aliphatic carbocycles. The Labute approximate surface area is 162 Å². The highest BCUT2D eigenvalue weighted by Gasteiger charge is 2.39. The van der Waals surface area contributed by atoms with E-state index < -0.39 is 17.8 Å². The van der Waals surface area contributed by atoms with Crippen LogP contribution in [-0.2, 0) is 9.53 Å². The fraction of sp³-hybridized carbons (Fsp3) is 0.550. The average Bonchev–Trinajstić information content (AvgIpc) is 2.79. The normalized spacial score (nSPS) is 25.6. The molecule has 1 aromatic carbocycles. The molecule has 0 spiro atoms. The van der Waals surface area contributed by atoms with E-state index in [4.69, 9.17) is 4.74 Å². The number of carbonyl (C=O) groups is 3. The monoisotopic (exact) mass is 421 g/mol. The third-order valence-electron chi connectivity index (χ3n) is 5.46. The largest absolute Gasteiger partial charge is 0.461 e. The van der Waals surface area contributed by atoms with Crippen LogP contribution in [-0.4, -0.2) is 35.3 Å². The molecule has 1 heterocycles. The molecule has 0 N–H and O–H groups in total. The maximum atomic E-state index is 12.5. The van der Waals surface area contributed by atoms with Crippen molar-refractivity contribution < 1.29 is 19.1 Å². The van der Waals surface area contributed by atoms with Crippen LogP contribution < -0.4 is 0 Å². The van der Waals surface area contributed by atoms with Crippen molar-refractivity contribution in [3.05, 3.63) is 33.8 Å². The lowest BCUT2D eigenvalue weighted by Crippen LogP contribution is -2.40. The molecule has 5 nitrogen and oxygen atoms in total. The van der Waals surface area contributed by atoms with Crippen molar-refractivity contribution in [1.29, 1.82) is 0 Å². The fourth-order valence-corrected chi connectivity index (χ4v) is 4.35. The molecule has 26 heavy (non-hydrogen) atoms. The van der Waals surface area contributed by atoms with Crippen molar-refractivity contribution in [3.8, 4) is 0 Å². The van der Waals surface area contributed by atoms with Gasteiger partial charge in [-0.3, -0.25) is 19.3 Å². The van der Waals surface area contributed by atoms with Crippen LogP contribution in [0.4, 0.5) is 0 Å². The van der Waals surface area contributed by atoms with E-state index in [0.29, 0.717) is 28.9 Å². The number of hydrogen-bond acceptors (Lipinski definition) is 4. The molecule has 1 saturated carbocycles. The maximum absolute atomic E-state index is 12.5. The first-order valence-corrected chi connectivity index (χ1v) is 9.92. The molecule has 6 heteroatoms. The summed E-state index contributed by atoms with van der Waals surface area (Å²) < 4.78 is 6.44. The Hall–Kier alpha value is -1.69. The number of fused-ring (bicyclic) bond motifs is 1. The Bertz CT molecular complexity index is 745. The number of hydrogen-bond donors (Lipinski definition) is 0. The second-order valence-corrected chi connectivity index (χ2v) is 8.66. The van der Waals surface area contributed by atoms with Gasteiger partial charge >= 0.3 is 5.97 Å². The van der Waals surface area contributed by atoms with E-state index in [1.165, 1.54) is 0 Å². The summed E-state index contributed by atoms with van der Waals surface area (Å²) in [6, 6.07) is 4.92. The van der Waals surface area contributed by atoms with Gasteiger partial charge in [0, 0.05) is 4.47 Å². The van der Waals surface area contributed by atoms with Gasteiger partial charge in [-0.25, -0.2) is 0 Å². The summed E-state index contributed by atoms with van der Waals surface area (Å²) in [5, 5.41) is 0. The molecule has 3 rings (SSSR count). The Kier molecular flexibility index (Phi) is 5.51. The highest BCUT2D eigenvalue weighted by molar-refractivity contribution is 9.10. The SMILES string of the molecule is CC(C)[C@@H]1CC[C@H](C)C[C@H]1OC(=O)CN1C(=O)c2ccc(Br)cc2C1=O. The van der Waals surface area contributed by atoms with Crippen LogP contribution in [0, 0.1) is 17.8 Å². The molecule has 2 amide bonds. The lowest BCUT2D eigenvalue weighted by atomic mass is 9.75. The molecule has 1 fully saturated rings. The number of benzene rings is 1. The van der Waals surface area contributed by atoms with Crippen molar-refractivity contribution in [2.75, 3.05) is 6.54 Å². The van der Waals surface area contributed by atoms with E-state index in [1.807, 2.05) is 0 Å². The number of rotatable bonds is 4. The number of amides is 2. The predicted molar refractivity (Wildman–Crippen MR) is 101 cm³/mol. The number of esters is 1. The lowest BCUT2D eigenvalue weighted by molar-refractivity contribution is -0.156. The van der Waals surface area contributed by atoms with Gasteiger partial charge in [0.25, 0.3) is 11.8 Å². The standard InChI is InChI=1S/C20H24BrNO4/c1-11(2)14-6-4-12(3)8-17(14)26-18(23)10-22-19(24)15-7-5-13(21)9-16(15)20(22)25/h5,7,9,11-12,14,17H,4,6,8,10H2,1-3H3/t12-,14-,17+/m0/s1. The quantitative estimate of drug-likeness (QED) is 0.543. The molecular formula is C20H24BrNO4. The first kappa shape index (κ1) is 19.1. The minimum Gasteiger partial charge on any atom is -0.461 e. The smallest absolute Gasteiger partial charge is 0.326 e. The van der Waals surface area contributed by atoms with E-state index in [1.54, 1.807) is 18.2 Å². The van der Waals surface area contributed by atoms with Gasteiger partial charge in [0.1, 0.15) is 12.6 Å². The third kappa shape index (κ3) is 3.70. The van der Waals surface area contributed by atoms with Crippen molar-refractivity contribution in [2.24, 2.45) is 17.8 Å². The van der Waals surface area contributed by atoms with E-state index in [0.717, 1.165) is 28.6 Å². The molecule has 0 bridgehead atoms. The van der Waals surface area contributed by atoms with Crippen molar-refractivity contribution >= 4 is 33.7 Å². The number of carbonyl (C=O) groups excluding carboxylic acids is 3. The zero-order valence-electron chi connectivity index (χ0n) is 15.3. The summed E-state index contributed by atoms with van der Waals surface area (Å²) in [5.74, 6) is -0.124. The van der Waals surface area contributed by atoms with E-state index in [-0.39, 0.29) is 12.6 Å². The molecule has 0 aromatic heterocycles. The van der Waals surface area contributed by atoms with E-state index >= 15 is 0 Å². The van der Waals surface area contributed by atoms with Gasteiger partial charge < -0.3 is 4.74 Å². The molecule has 3 atom stereocenters. The summed E-state index contributed by atoms with van der Waals surface area (Å²) >= 11 is 3.30. The summed E-state index contributed by atoms with van der Waals surface area (Å²) in [6.07, 6.45) is 2.88. The summed E-state index contributed by atoms with van der Waals surface area (Å²) in [7, 11) is 0. The molecular weight excluding hydrogens is 398 g/mol. The number of ether oxygens (including phenoxy) is 1. The highest BCUT2D eigenvalue weighted by Crippen LogP contribution is 2.35. The molecule has 1 aliphatic heterocycles. The van der Waals surface area contributed by atoms with Crippen LogP contribution in [0.25, 0.3) is 0 Å². The topological polar surface area (TPSA) is 63.7 Å². The van der Waals surface area contributed by atoms with Gasteiger partial charge in [-0.05, 0) is 48.8 Å². The highest BCUT2D eigenvalue weighted by atomic mass is 79.9. The fourth-order valence-electron chi connectivity index (χ4n) is 3.99. The molecule has 0 unspecified atom stereocenters. The zero-order chi connectivity index (χ0) is 19.0. The zero-order valence-corrected chi connectivity index (χ0v) is 16.9. The minimum absolute atomic E-state index is 0.143. The minimum atomic E-state index is -0.511. The number of imide groups is 1. The van der Waals surface area contributed by atoms with Crippen molar-refractivity contribution in [3.63, 3.8) is 0 Å². The Balaban J connectivity index is 1.68. The third-order valence-corrected chi connectivity index (χ3v) is 5.96. The van der Waals surface area contributed by atoms with Gasteiger partial charge in [-0.15, -0.1) is 0 Å². The molecule has 2 aliphatic rings. The van der Waals surface area contributed by atoms with Gasteiger partial charge in [-0.2, -0.15) is 0 Å². The van der Waals surface area contributed by atoms with Gasteiger partial charge in [-0.1, -0.05) is 43.1 Å². The summed E-state index contributed by atoms with van der Waals surface area (Å²) in [4.78, 5) is 38.4. The van der Waals surface area contributed by atoms with Crippen LogP contribution >= 0.6 is 15.9 Å². The Morgan fingerprint density at radius 2 is 1.92 bits per heavy atom. The van der Waals surface area contributed by atoms with Crippen molar-refractivity contribution in [1.82, 2.24) is 4.90 Å². The number of halogens is 1. The van der Waals surface area contributed by atoms with Gasteiger partial charge in [0.05, 0.1) is 11.1 Å². The maximum Gasteiger partial charge on any atom is 0.326 e. The Morgan fingerprint density at radius 3 is 2.62 bits per heavy atom. The summed E-state index contributed by atoms with van der Waals surface area (Å²) in [5.41, 5.74) is 0.654. The molecule has 1 aromatic rings. The first-order chi connectivity index (χ1) is 12.3. The first-order valence-electron chi connectivity index (χ1n) is 9.13. The van der Waals surface area contributed by atoms with Crippen LogP contribution in [0.5, 0.6) is 0 Å². The van der Waals surface area contributed by atoms with Gasteiger partial charge in [0.2, 0.25) is 0 Å². The van der Waals surface area contributed by atoms with E-state index in [2.05, 4.69) is 36.7 Å². The second-order valence-electron chi connectivity index (χ2n) is 7.74. The predicted octanol–water partition coefficient (Wildman–Crippen LogP) is 4.05. The van der Waals surface area contributed by atoms with E-state index in [9.17, 15) is 14.4 Å². The molecule has 0 radical (unpaired) electrons. The van der Waals surface area contributed by atoms with Gasteiger partial charge in [0.15, 0.2) is 0 Å². The van der Waals surface area contributed by atoms with Crippen LogP contribution in [0.3, 0.4) is 0 Å². The number of nitrogens with zero attached hydrogens (tertiary/aromatic N) is 1. The second kappa shape index (κ2) is 7.51. The summed E-state index contributed by atoms with van der Waals surface area (Å²) in [6.45, 7) is 6.12. The average molecular weight is 422 g/mol. The molecule has 140 valence electrons. The Morgan fingerprint density at radius 1 is 1.23 bits per heavy atom.